The summed E-state index contributed by atoms with van der Waals surface area (Å²) < 4.78 is 5.26. The Labute approximate surface area is 62.8 Å². The highest BCUT2D eigenvalue weighted by Crippen LogP contribution is 2.45. The van der Waals surface area contributed by atoms with Crippen LogP contribution in [0.2, 0.25) is 0 Å². The van der Waals surface area contributed by atoms with Gasteiger partial charge in [0.25, 0.3) is 0 Å². The molecule has 0 radical (unpaired) electrons. The molecule has 1 aliphatic carbocycles. The molecule has 10 heavy (non-hydrogen) atoms. The molecule has 0 aromatic carbocycles. The first-order valence-electron chi connectivity index (χ1n) is 4.42. The zero-order valence-electron chi connectivity index (χ0n) is 6.73. The van der Waals surface area contributed by atoms with E-state index in [9.17, 15) is 0 Å². The summed E-state index contributed by atoms with van der Waals surface area (Å²) in [6, 6.07) is 0. The molecule has 2 aliphatic rings. The summed E-state index contributed by atoms with van der Waals surface area (Å²) >= 11 is 0. The molecule has 1 aliphatic heterocycles. The fourth-order valence-corrected chi connectivity index (χ4v) is 1.79. The summed E-state index contributed by atoms with van der Waals surface area (Å²) in [7, 11) is 0. The minimum atomic E-state index is 0.626. The molecular formula is C9H16O. The second kappa shape index (κ2) is 2.23. The second-order valence-corrected chi connectivity index (χ2v) is 3.99. The van der Waals surface area contributed by atoms with Gasteiger partial charge in [0.15, 0.2) is 0 Å². The number of rotatable bonds is 3. The average Bonchev–Trinajstić information content (AvgIpc) is 2.62. The predicted molar refractivity (Wildman–Crippen MR) is 40.9 cm³/mol. The van der Waals surface area contributed by atoms with Crippen LogP contribution in [0.3, 0.4) is 0 Å². The quantitative estimate of drug-likeness (QED) is 0.584. The minimum absolute atomic E-state index is 0.626. The highest BCUT2D eigenvalue weighted by atomic mass is 16.5. The van der Waals surface area contributed by atoms with Crippen LogP contribution in [0.1, 0.15) is 32.6 Å². The standard InChI is InChI=1S/C9H16O/c1-2-9(6-10-7-9)5-8-3-4-8/h8H,2-7H2,1H3. The molecule has 2 fully saturated rings. The smallest absolute Gasteiger partial charge is 0.0544 e. The van der Waals surface area contributed by atoms with Gasteiger partial charge in [-0.25, -0.2) is 0 Å². The Morgan fingerprint density at radius 3 is 2.40 bits per heavy atom. The molecule has 0 aromatic heterocycles. The predicted octanol–water partition coefficient (Wildman–Crippen LogP) is 2.21. The molecule has 1 heteroatoms. The summed E-state index contributed by atoms with van der Waals surface area (Å²) in [4.78, 5) is 0. The summed E-state index contributed by atoms with van der Waals surface area (Å²) in [6.07, 6.45) is 5.75. The maximum Gasteiger partial charge on any atom is 0.0544 e. The lowest BCUT2D eigenvalue weighted by Gasteiger charge is -2.41. The highest BCUT2D eigenvalue weighted by Gasteiger charge is 2.41. The highest BCUT2D eigenvalue weighted by molar-refractivity contribution is 4.90. The number of ether oxygens (including phenoxy) is 1. The van der Waals surface area contributed by atoms with Crippen molar-refractivity contribution in [3.05, 3.63) is 0 Å². The third-order valence-electron chi connectivity index (χ3n) is 2.99. The maximum absolute atomic E-state index is 5.26. The van der Waals surface area contributed by atoms with Gasteiger partial charge in [0.2, 0.25) is 0 Å². The molecule has 1 heterocycles. The van der Waals surface area contributed by atoms with Crippen molar-refractivity contribution in [2.75, 3.05) is 13.2 Å². The molecule has 2 rings (SSSR count). The average molecular weight is 140 g/mol. The summed E-state index contributed by atoms with van der Waals surface area (Å²) in [5.41, 5.74) is 0.626. The lowest BCUT2D eigenvalue weighted by atomic mass is 9.78. The van der Waals surface area contributed by atoms with Crippen molar-refractivity contribution >= 4 is 0 Å². The Kier molecular flexibility index (Phi) is 1.48. The van der Waals surface area contributed by atoms with E-state index in [1.165, 1.54) is 25.7 Å². The Bertz CT molecular complexity index is 117. The van der Waals surface area contributed by atoms with E-state index in [-0.39, 0.29) is 0 Å². The zero-order valence-corrected chi connectivity index (χ0v) is 6.73. The van der Waals surface area contributed by atoms with Gasteiger partial charge in [0.05, 0.1) is 13.2 Å². The molecular weight excluding hydrogens is 124 g/mol. The van der Waals surface area contributed by atoms with Crippen LogP contribution in [0.15, 0.2) is 0 Å². The van der Waals surface area contributed by atoms with Gasteiger partial charge in [-0.1, -0.05) is 19.8 Å². The van der Waals surface area contributed by atoms with Crippen LogP contribution in [-0.2, 0) is 4.74 Å². The van der Waals surface area contributed by atoms with Crippen LogP contribution >= 0.6 is 0 Å². The summed E-state index contributed by atoms with van der Waals surface area (Å²) in [6.45, 7) is 4.38. The first kappa shape index (κ1) is 6.66. The van der Waals surface area contributed by atoms with Crippen LogP contribution in [0, 0.1) is 11.3 Å². The molecule has 0 unspecified atom stereocenters. The first-order chi connectivity index (χ1) is 4.85. The molecule has 1 saturated heterocycles. The fraction of sp³-hybridized carbons (Fsp3) is 1.00. The van der Waals surface area contributed by atoms with Crippen molar-refractivity contribution in [3.8, 4) is 0 Å². The molecule has 0 spiro atoms. The summed E-state index contributed by atoms with van der Waals surface area (Å²) in [5.74, 6) is 1.07. The van der Waals surface area contributed by atoms with Gasteiger partial charge in [-0.2, -0.15) is 0 Å². The third-order valence-corrected chi connectivity index (χ3v) is 2.99. The first-order valence-corrected chi connectivity index (χ1v) is 4.42. The minimum Gasteiger partial charge on any atom is -0.380 e. The van der Waals surface area contributed by atoms with E-state index >= 15 is 0 Å². The van der Waals surface area contributed by atoms with Crippen LogP contribution in [0.25, 0.3) is 0 Å². The number of hydrogen-bond acceptors (Lipinski definition) is 1. The van der Waals surface area contributed by atoms with Crippen LogP contribution < -0.4 is 0 Å². The largest absolute Gasteiger partial charge is 0.380 e. The molecule has 0 aromatic rings. The van der Waals surface area contributed by atoms with Crippen LogP contribution in [0.4, 0.5) is 0 Å². The fourth-order valence-electron chi connectivity index (χ4n) is 1.79. The molecule has 1 nitrogen and oxygen atoms in total. The number of hydrogen-bond donors (Lipinski definition) is 0. The molecule has 58 valence electrons. The van der Waals surface area contributed by atoms with E-state index in [2.05, 4.69) is 6.92 Å². The van der Waals surface area contributed by atoms with Crippen molar-refractivity contribution in [2.45, 2.75) is 32.6 Å². The topological polar surface area (TPSA) is 9.23 Å². The molecule has 0 bridgehead atoms. The van der Waals surface area contributed by atoms with Gasteiger partial charge < -0.3 is 4.74 Å². The van der Waals surface area contributed by atoms with Gasteiger partial charge in [0.1, 0.15) is 0 Å². The van der Waals surface area contributed by atoms with Crippen LogP contribution in [0.5, 0.6) is 0 Å². The Balaban J connectivity index is 1.84. The lowest BCUT2D eigenvalue weighted by molar-refractivity contribution is -0.122. The summed E-state index contributed by atoms with van der Waals surface area (Å²) in [5, 5.41) is 0. The van der Waals surface area contributed by atoms with Crippen molar-refractivity contribution in [2.24, 2.45) is 11.3 Å². The SMILES string of the molecule is CCC1(CC2CC2)COC1. The Hall–Kier alpha value is -0.0400. The van der Waals surface area contributed by atoms with Crippen LogP contribution in [-0.4, -0.2) is 13.2 Å². The second-order valence-electron chi connectivity index (χ2n) is 3.99. The van der Waals surface area contributed by atoms with Crippen molar-refractivity contribution in [1.82, 2.24) is 0 Å². The zero-order chi connectivity index (χ0) is 7.03. The van der Waals surface area contributed by atoms with E-state index in [4.69, 9.17) is 4.74 Å². The van der Waals surface area contributed by atoms with E-state index in [1.54, 1.807) is 0 Å². The third kappa shape index (κ3) is 1.07. The van der Waals surface area contributed by atoms with Crippen molar-refractivity contribution in [3.63, 3.8) is 0 Å². The van der Waals surface area contributed by atoms with Gasteiger partial charge in [-0.05, 0) is 18.8 Å². The van der Waals surface area contributed by atoms with Gasteiger partial charge in [-0.15, -0.1) is 0 Å². The van der Waals surface area contributed by atoms with Crippen molar-refractivity contribution < 1.29 is 4.74 Å². The molecule has 0 N–H and O–H groups in total. The van der Waals surface area contributed by atoms with E-state index in [1.807, 2.05) is 0 Å². The van der Waals surface area contributed by atoms with E-state index in [0.717, 1.165) is 19.1 Å². The normalized spacial score (nSPS) is 29.7. The Morgan fingerprint density at radius 2 is 2.10 bits per heavy atom. The van der Waals surface area contributed by atoms with Gasteiger partial charge >= 0.3 is 0 Å². The van der Waals surface area contributed by atoms with E-state index < -0.39 is 0 Å². The lowest BCUT2D eigenvalue weighted by Crippen LogP contribution is -2.42. The molecule has 0 amide bonds. The monoisotopic (exact) mass is 140 g/mol. The van der Waals surface area contributed by atoms with Gasteiger partial charge in [-0.3, -0.25) is 0 Å². The van der Waals surface area contributed by atoms with E-state index in [0.29, 0.717) is 5.41 Å². The van der Waals surface area contributed by atoms with Gasteiger partial charge in [0, 0.05) is 5.41 Å². The molecule has 0 atom stereocenters. The Morgan fingerprint density at radius 1 is 1.40 bits per heavy atom. The van der Waals surface area contributed by atoms with Crippen molar-refractivity contribution in [1.29, 1.82) is 0 Å². The maximum atomic E-state index is 5.26. The molecule has 1 saturated carbocycles.